The highest BCUT2D eigenvalue weighted by Crippen LogP contribution is 2.06. The van der Waals surface area contributed by atoms with E-state index in [0.717, 1.165) is 57.7 Å². The standard InChI is InChI=1S/C18H38N4O/c1-5-19-18(21-17(4)9-8-16(2)3)20-10-6-7-11-22-12-14-23-15-13-22/h16-17H,5-15H2,1-4H3,(H2,19,20,21). The van der Waals surface area contributed by atoms with Crippen LogP contribution in [0.4, 0.5) is 0 Å². The van der Waals surface area contributed by atoms with Gasteiger partial charge in [0.15, 0.2) is 5.96 Å². The topological polar surface area (TPSA) is 48.9 Å². The fraction of sp³-hybridized carbons (Fsp3) is 0.944. The van der Waals surface area contributed by atoms with Gasteiger partial charge in [-0.3, -0.25) is 9.89 Å². The van der Waals surface area contributed by atoms with Gasteiger partial charge in [0.05, 0.1) is 13.2 Å². The zero-order valence-electron chi connectivity index (χ0n) is 15.7. The molecule has 0 aromatic carbocycles. The van der Waals surface area contributed by atoms with Gasteiger partial charge in [-0.05, 0) is 52.0 Å². The van der Waals surface area contributed by atoms with Crippen LogP contribution in [-0.4, -0.2) is 62.8 Å². The summed E-state index contributed by atoms with van der Waals surface area (Å²) in [6.07, 6.45) is 4.81. The number of nitrogens with zero attached hydrogens (tertiary/aromatic N) is 2. The van der Waals surface area contributed by atoms with Crippen molar-refractivity contribution in [3.63, 3.8) is 0 Å². The van der Waals surface area contributed by atoms with Gasteiger partial charge in [-0.1, -0.05) is 13.8 Å². The number of guanidine groups is 1. The van der Waals surface area contributed by atoms with Crippen molar-refractivity contribution in [2.45, 2.75) is 59.4 Å². The predicted octanol–water partition coefficient (Wildman–Crippen LogP) is 2.48. The second kappa shape index (κ2) is 12.6. The van der Waals surface area contributed by atoms with Gasteiger partial charge in [-0.15, -0.1) is 0 Å². The molecule has 0 bridgehead atoms. The molecule has 0 aromatic heterocycles. The fourth-order valence-corrected chi connectivity index (χ4v) is 2.67. The fourth-order valence-electron chi connectivity index (χ4n) is 2.67. The van der Waals surface area contributed by atoms with Gasteiger partial charge in [0, 0.05) is 32.2 Å². The van der Waals surface area contributed by atoms with E-state index in [4.69, 9.17) is 9.73 Å². The molecule has 5 nitrogen and oxygen atoms in total. The molecule has 0 aromatic rings. The molecule has 1 unspecified atom stereocenters. The van der Waals surface area contributed by atoms with Crippen LogP contribution in [0, 0.1) is 5.92 Å². The first-order chi connectivity index (χ1) is 11.1. The van der Waals surface area contributed by atoms with Crippen molar-refractivity contribution in [2.24, 2.45) is 10.9 Å². The smallest absolute Gasteiger partial charge is 0.191 e. The molecule has 1 aliphatic rings. The van der Waals surface area contributed by atoms with E-state index in [-0.39, 0.29) is 0 Å². The zero-order valence-corrected chi connectivity index (χ0v) is 15.7. The average molecular weight is 327 g/mol. The minimum Gasteiger partial charge on any atom is -0.379 e. The van der Waals surface area contributed by atoms with Crippen LogP contribution in [0.2, 0.25) is 0 Å². The molecule has 1 saturated heterocycles. The second-order valence-electron chi connectivity index (χ2n) is 6.94. The molecule has 0 radical (unpaired) electrons. The van der Waals surface area contributed by atoms with Crippen molar-refractivity contribution in [2.75, 3.05) is 45.9 Å². The molecule has 1 atom stereocenters. The molecule has 1 heterocycles. The van der Waals surface area contributed by atoms with Crippen molar-refractivity contribution < 1.29 is 4.74 Å². The Morgan fingerprint density at radius 2 is 1.87 bits per heavy atom. The summed E-state index contributed by atoms with van der Waals surface area (Å²) in [6.45, 7) is 15.9. The first kappa shape index (κ1) is 20.2. The van der Waals surface area contributed by atoms with Gasteiger partial charge in [-0.2, -0.15) is 0 Å². The van der Waals surface area contributed by atoms with E-state index >= 15 is 0 Å². The largest absolute Gasteiger partial charge is 0.379 e. The van der Waals surface area contributed by atoms with Crippen molar-refractivity contribution >= 4 is 5.96 Å². The zero-order chi connectivity index (χ0) is 16.9. The van der Waals surface area contributed by atoms with Crippen LogP contribution < -0.4 is 10.6 Å². The lowest BCUT2D eigenvalue weighted by Gasteiger charge is -2.26. The Bertz CT molecular complexity index is 314. The summed E-state index contributed by atoms with van der Waals surface area (Å²) in [7, 11) is 0. The molecule has 0 amide bonds. The van der Waals surface area contributed by atoms with Crippen molar-refractivity contribution in [1.82, 2.24) is 15.5 Å². The van der Waals surface area contributed by atoms with Gasteiger partial charge in [0.1, 0.15) is 0 Å². The van der Waals surface area contributed by atoms with Crippen molar-refractivity contribution in [3.8, 4) is 0 Å². The van der Waals surface area contributed by atoms with Crippen LogP contribution in [0.25, 0.3) is 0 Å². The number of hydrogen-bond donors (Lipinski definition) is 2. The normalized spacial score (nSPS) is 18.2. The average Bonchev–Trinajstić information content (AvgIpc) is 2.53. The maximum absolute atomic E-state index is 5.38. The van der Waals surface area contributed by atoms with Crippen molar-refractivity contribution in [3.05, 3.63) is 0 Å². The van der Waals surface area contributed by atoms with E-state index in [2.05, 4.69) is 43.2 Å². The lowest BCUT2D eigenvalue weighted by Crippen LogP contribution is -2.42. The molecule has 0 aliphatic carbocycles. The second-order valence-corrected chi connectivity index (χ2v) is 6.94. The summed E-state index contributed by atoms with van der Waals surface area (Å²) in [5.74, 6) is 1.73. The van der Waals surface area contributed by atoms with Crippen LogP contribution in [0.15, 0.2) is 4.99 Å². The quantitative estimate of drug-likeness (QED) is 0.368. The third kappa shape index (κ3) is 10.6. The summed E-state index contributed by atoms with van der Waals surface area (Å²) in [6, 6.07) is 0.476. The molecule has 5 heteroatoms. The molecule has 0 saturated carbocycles. The molecule has 2 N–H and O–H groups in total. The van der Waals surface area contributed by atoms with Gasteiger partial charge in [-0.25, -0.2) is 0 Å². The Labute approximate surface area is 143 Å². The van der Waals surface area contributed by atoms with Gasteiger partial charge in [0.2, 0.25) is 0 Å². The molecule has 1 rings (SSSR count). The van der Waals surface area contributed by atoms with Crippen LogP contribution >= 0.6 is 0 Å². The lowest BCUT2D eigenvalue weighted by atomic mass is 10.0. The number of nitrogens with one attached hydrogen (secondary N) is 2. The third-order valence-electron chi connectivity index (χ3n) is 4.16. The van der Waals surface area contributed by atoms with E-state index in [1.807, 2.05) is 0 Å². The molecule has 0 spiro atoms. The molecule has 1 aliphatic heterocycles. The van der Waals surface area contributed by atoms with Crippen LogP contribution in [0.1, 0.15) is 53.4 Å². The van der Waals surface area contributed by atoms with Crippen LogP contribution in [0.3, 0.4) is 0 Å². The van der Waals surface area contributed by atoms with Crippen molar-refractivity contribution in [1.29, 1.82) is 0 Å². The van der Waals surface area contributed by atoms with Crippen LogP contribution in [0.5, 0.6) is 0 Å². The summed E-state index contributed by atoms with van der Waals surface area (Å²) < 4.78 is 5.38. The first-order valence-electron chi connectivity index (χ1n) is 9.46. The summed E-state index contributed by atoms with van der Waals surface area (Å²) in [5, 5.41) is 6.88. The predicted molar refractivity (Wildman–Crippen MR) is 99.1 cm³/mol. The molecule has 136 valence electrons. The summed E-state index contributed by atoms with van der Waals surface area (Å²) in [5.41, 5.74) is 0. The minimum absolute atomic E-state index is 0.476. The van der Waals surface area contributed by atoms with Gasteiger partial charge >= 0.3 is 0 Å². The Morgan fingerprint density at radius 1 is 1.13 bits per heavy atom. The van der Waals surface area contributed by atoms with E-state index < -0.39 is 0 Å². The Balaban J connectivity index is 2.19. The van der Waals surface area contributed by atoms with E-state index in [0.29, 0.717) is 6.04 Å². The molecule has 23 heavy (non-hydrogen) atoms. The van der Waals surface area contributed by atoms with Gasteiger partial charge in [0.25, 0.3) is 0 Å². The maximum atomic E-state index is 5.38. The lowest BCUT2D eigenvalue weighted by molar-refractivity contribution is 0.0373. The highest BCUT2D eigenvalue weighted by molar-refractivity contribution is 5.79. The van der Waals surface area contributed by atoms with Gasteiger partial charge < -0.3 is 15.4 Å². The Kier molecular flexibility index (Phi) is 11.1. The Hall–Kier alpha value is -0.810. The van der Waals surface area contributed by atoms with Crippen LogP contribution in [-0.2, 0) is 4.74 Å². The maximum Gasteiger partial charge on any atom is 0.191 e. The number of rotatable bonds is 10. The Morgan fingerprint density at radius 3 is 2.52 bits per heavy atom. The molecular formula is C18H38N4O. The van der Waals surface area contributed by atoms with E-state index in [9.17, 15) is 0 Å². The SMILES string of the molecule is CCNC(=NCCCCN1CCOCC1)NC(C)CCC(C)C. The highest BCUT2D eigenvalue weighted by atomic mass is 16.5. The summed E-state index contributed by atoms with van der Waals surface area (Å²) >= 11 is 0. The number of unbranched alkanes of at least 4 members (excludes halogenated alkanes) is 1. The molecule has 1 fully saturated rings. The van der Waals surface area contributed by atoms with E-state index in [1.165, 1.54) is 25.8 Å². The highest BCUT2D eigenvalue weighted by Gasteiger charge is 2.09. The molecular weight excluding hydrogens is 288 g/mol. The summed E-state index contributed by atoms with van der Waals surface area (Å²) in [4.78, 5) is 7.21. The first-order valence-corrected chi connectivity index (χ1v) is 9.46. The number of hydrogen-bond acceptors (Lipinski definition) is 3. The van der Waals surface area contributed by atoms with E-state index in [1.54, 1.807) is 0 Å². The number of morpholine rings is 1. The monoisotopic (exact) mass is 326 g/mol. The third-order valence-corrected chi connectivity index (χ3v) is 4.16. The number of ether oxygens (including phenoxy) is 1. The number of aliphatic imine (C=N–C) groups is 1. The minimum atomic E-state index is 0.476.